The minimum absolute atomic E-state index is 0.00159. The van der Waals surface area contributed by atoms with Crippen molar-refractivity contribution in [2.45, 2.75) is 26.3 Å². The van der Waals surface area contributed by atoms with Crippen LogP contribution in [0.5, 0.6) is 0 Å². The Kier molecular flexibility index (Phi) is 5.29. The average molecular weight is 271 g/mol. The summed E-state index contributed by atoms with van der Waals surface area (Å²) in [6.07, 6.45) is 0.459. The van der Waals surface area contributed by atoms with Crippen LogP contribution in [0.1, 0.15) is 20.3 Å². The third-order valence-corrected chi connectivity index (χ3v) is 3.33. The zero-order valence-electron chi connectivity index (χ0n) is 11.3. The van der Waals surface area contributed by atoms with Crippen LogP contribution in [0.25, 0.3) is 0 Å². The maximum atomic E-state index is 11.8. The van der Waals surface area contributed by atoms with E-state index in [1.54, 1.807) is 0 Å². The smallest absolute Gasteiger partial charge is 0.308 e. The van der Waals surface area contributed by atoms with E-state index < -0.39 is 17.9 Å². The fourth-order valence-electron chi connectivity index (χ4n) is 1.88. The molecule has 4 N–H and O–H groups in total. The van der Waals surface area contributed by atoms with E-state index in [9.17, 15) is 14.4 Å². The van der Waals surface area contributed by atoms with Gasteiger partial charge in [-0.25, -0.2) is 0 Å². The number of hydrogen-bond donors (Lipinski definition) is 3. The highest BCUT2D eigenvalue weighted by atomic mass is 16.4. The average Bonchev–Trinajstić information content (AvgIpc) is 2.84. The van der Waals surface area contributed by atoms with Gasteiger partial charge in [-0.05, 0) is 12.3 Å². The van der Waals surface area contributed by atoms with Crippen LogP contribution < -0.4 is 11.1 Å². The molecule has 19 heavy (non-hydrogen) atoms. The van der Waals surface area contributed by atoms with Gasteiger partial charge < -0.3 is 21.1 Å². The normalized spacial score (nSPS) is 20.4. The highest BCUT2D eigenvalue weighted by Crippen LogP contribution is 2.15. The van der Waals surface area contributed by atoms with Crippen molar-refractivity contribution in [2.75, 3.05) is 19.6 Å². The first-order chi connectivity index (χ1) is 8.82. The molecule has 1 aliphatic heterocycles. The lowest BCUT2D eigenvalue weighted by atomic mass is 10.1. The van der Waals surface area contributed by atoms with E-state index in [0.717, 1.165) is 0 Å². The molecule has 0 aromatic carbocycles. The van der Waals surface area contributed by atoms with Crippen molar-refractivity contribution in [3.63, 3.8) is 0 Å². The fourth-order valence-corrected chi connectivity index (χ4v) is 1.88. The molecule has 0 aliphatic carbocycles. The lowest BCUT2D eigenvalue weighted by molar-refractivity contribution is -0.141. The van der Waals surface area contributed by atoms with Gasteiger partial charge in [0.05, 0.1) is 18.5 Å². The zero-order chi connectivity index (χ0) is 14.6. The number of amides is 2. The number of carboxylic acids is 1. The molecule has 1 aliphatic rings. The molecule has 0 aromatic rings. The third-order valence-electron chi connectivity index (χ3n) is 3.33. The minimum Gasteiger partial charge on any atom is -0.481 e. The number of carbonyl (C=O) groups is 3. The molecule has 7 nitrogen and oxygen atoms in total. The van der Waals surface area contributed by atoms with Crippen molar-refractivity contribution in [1.29, 1.82) is 0 Å². The van der Waals surface area contributed by atoms with E-state index in [1.165, 1.54) is 4.90 Å². The van der Waals surface area contributed by atoms with E-state index in [0.29, 0.717) is 13.0 Å². The predicted octanol–water partition coefficient (Wildman–Crippen LogP) is -0.981. The number of aliphatic carboxylic acids is 1. The Bertz CT molecular complexity index is 370. The summed E-state index contributed by atoms with van der Waals surface area (Å²) in [7, 11) is 0. The van der Waals surface area contributed by atoms with Gasteiger partial charge in [-0.2, -0.15) is 0 Å². The van der Waals surface area contributed by atoms with Gasteiger partial charge in [0.15, 0.2) is 0 Å². The number of hydrogen-bond acceptors (Lipinski definition) is 4. The van der Waals surface area contributed by atoms with E-state index in [1.807, 2.05) is 13.8 Å². The molecule has 2 amide bonds. The Labute approximate surface area is 112 Å². The van der Waals surface area contributed by atoms with Crippen molar-refractivity contribution >= 4 is 17.8 Å². The van der Waals surface area contributed by atoms with Gasteiger partial charge in [-0.1, -0.05) is 13.8 Å². The quantitative estimate of drug-likeness (QED) is 0.595. The van der Waals surface area contributed by atoms with Crippen molar-refractivity contribution in [2.24, 2.45) is 17.6 Å². The van der Waals surface area contributed by atoms with Crippen LogP contribution in [0.15, 0.2) is 0 Å². The van der Waals surface area contributed by atoms with Gasteiger partial charge in [0.1, 0.15) is 0 Å². The number of nitrogens with one attached hydrogen (secondary N) is 1. The second-order valence-corrected chi connectivity index (χ2v) is 5.15. The van der Waals surface area contributed by atoms with Crippen LogP contribution in [0, 0.1) is 11.8 Å². The SMILES string of the molecule is CC(C)[C@H](N)C(=O)NCC(=O)N1CCC(C(=O)O)C1. The summed E-state index contributed by atoms with van der Waals surface area (Å²) in [5.41, 5.74) is 5.65. The zero-order valence-corrected chi connectivity index (χ0v) is 11.3. The molecule has 0 aromatic heterocycles. The number of carbonyl (C=O) groups excluding carboxylic acids is 2. The molecule has 7 heteroatoms. The Morgan fingerprint density at radius 3 is 2.53 bits per heavy atom. The summed E-state index contributed by atoms with van der Waals surface area (Å²) in [5, 5.41) is 11.3. The number of nitrogens with two attached hydrogens (primary N) is 1. The lowest BCUT2D eigenvalue weighted by Crippen LogP contribution is -2.47. The number of likely N-dealkylation sites (tertiary alicyclic amines) is 1. The van der Waals surface area contributed by atoms with Gasteiger partial charge in [0.25, 0.3) is 0 Å². The molecular formula is C12H21N3O4. The van der Waals surface area contributed by atoms with E-state index in [2.05, 4.69) is 5.32 Å². The van der Waals surface area contributed by atoms with Crippen molar-refractivity contribution in [3.8, 4) is 0 Å². The second-order valence-electron chi connectivity index (χ2n) is 5.15. The lowest BCUT2D eigenvalue weighted by Gasteiger charge is -2.18. The van der Waals surface area contributed by atoms with Crippen molar-refractivity contribution < 1.29 is 19.5 Å². The highest BCUT2D eigenvalue weighted by molar-refractivity contribution is 5.87. The van der Waals surface area contributed by atoms with Crippen LogP contribution in [-0.4, -0.2) is 53.5 Å². The summed E-state index contributed by atoms with van der Waals surface area (Å²) < 4.78 is 0. The molecule has 1 heterocycles. The van der Waals surface area contributed by atoms with Crippen molar-refractivity contribution in [3.05, 3.63) is 0 Å². The molecule has 108 valence electrons. The maximum absolute atomic E-state index is 11.8. The molecular weight excluding hydrogens is 250 g/mol. The molecule has 1 saturated heterocycles. The van der Waals surface area contributed by atoms with Crippen molar-refractivity contribution in [1.82, 2.24) is 10.2 Å². The number of nitrogens with zero attached hydrogens (tertiary/aromatic N) is 1. The first-order valence-corrected chi connectivity index (χ1v) is 6.36. The molecule has 1 unspecified atom stereocenters. The summed E-state index contributed by atoms with van der Waals surface area (Å²) in [6, 6.07) is -0.641. The summed E-state index contributed by atoms with van der Waals surface area (Å²) in [5.74, 6) is -2.03. The number of carboxylic acid groups (broad SMARTS) is 1. The molecule has 1 fully saturated rings. The van der Waals surface area contributed by atoms with E-state index >= 15 is 0 Å². The van der Waals surface area contributed by atoms with Gasteiger partial charge >= 0.3 is 5.97 Å². The Morgan fingerprint density at radius 2 is 2.05 bits per heavy atom. The molecule has 2 atom stereocenters. The molecule has 1 rings (SSSR count). The van der Waals surface area contributed by atoms with Crippen LogP contribution in [0.2, 0.25) is 0 Å². The molecule has 0 radical (unpaired) electrons. The first kappa shape index (κ1) is 15.4. The first-order valence-electron chi connectivity index (χ1n) is 6.36. The van der Waals surface area contributed by atoms with Gasteiger partial charge in [0.2, 0.25) is 11.8 Å². The van der Waals surface area contributed by atoms with Gasteiger partial charge in [0, 0.05) is 13.1 Å². The maximum Gasteiger partial charge on any atom is 0.308 e. The molecule has 0 saturated carbocycles. The molecule has 0 bridgehead atoms. The predicted molar refractivity (Wildman–Crippen MR) is 68.1 cm³/mol. The van der Waals surface area contributed by atoms with Gasteiger partial charge in [-0.15, -0.1) is 0 Å². The standard InChI is InChI=1S/C12H21N3O4/c1-7(2)10(13)11(17)14-5-9(16)15-4-3-8(6-15)12(18)19/h7-8,10H,3-6,13H2,1-2H3,(H,14,17)(H,18,19)/t8?,10-/m0/s1. The fraction of sp³-hybridized carbons (Fsp3) is 0.750. The number of rotatable bonds is 5. The summed E-state index contributed by atoms with van der Waals surface area (Å²) in [6.45, 7) is 4.14. The Morgan fingerprint density at radius 1 is 1.42 bits per heavy atom. The molecule has 0 spiro atoms. The minimum atomic E-state index is -0.888. The van der Waals surface area contributed by atoms with Crippen LogP contribution in [0.3, 0.4) is 0 Å². The summed E-state index contributed by atoms with van der Waals surface area (Å²) in [4.78, 5) is 35.6. The van der Waals surface area contributed by atoms with E-state index in [4.69, 9.17) is 10.8 Å². The van der Waals surface area contributed by atoms with Crippen LogP contribution >= 0.6 is 0 Å². The van der Waals surface area contributed by atoms with E-state index in [-0.39, 0.29) is 30.8 Å². The topological polar surface area (TPSA) is 113 Å². The second kappa shape index (κ2) is 6.51. The van der Waals surface area contributed by atoms with Gasteiger partial charge in [-0.3, -0.25) is 14.4 Å². The van der Waals surface area contributed by atoms with Crippen LogP contribution in [0.4, 0.5) is 0 Å². The largest absolute Gasteiger partial charge is 0.481 e. The Hall–Kier alpha value is -1.63. The Balaban J connectivity index is 2.37. The summed E-state index contributed by atoms with van der Waals surface area (Å²) >= 11 is 0. The highest BCUT2D eigenvalue weighted by Gasteiger charge is 2.30. The van der Waals surface area contributed by atoms with Crippen LogP contribution in [-0.2, 0) is 14.4 Å². The third kappa shape index (κ3) is 4.20. The monoisotopic (exact) mass is 271 g/mol.